The third kappa shape index (κ3) is 6.56. The molecule has 0 spiro atoms. The van der Waals surface area contributed by atoms with E-state index in [1.54, 1.807) is 45.0 Å². The Morgan fingerprint density at radius 3 is 1.90 bits per heavy atom. The predicted molar refractivity (Wildman–Crippen MR) is 120 cm³/mol. The summed E-state index contributed by atoms with van der Waals surface area (Å²) in [6.45, 7) is 5.11. The second-order valence-corrected chi connectivity index (χ2v) is 9.10. The Balaban J connectivity index is 2.32. The van der Waals surface area contributed by atoms with Gasteiger partial charge in [-0.1, -0.05) is 88.3 Å². The largest absolute Gasteiger partial charge is 0.444 e. The highest BCUT2D eigenvalue weighted by Crippen LogP contribution is 2.48. The third-order valence-electron chi connectivity index (χ3n) is 3.63. The van der Waals surface area contributed by atoms with Crippen molar-refractivity contribution in [2.24, 2.45) is 0 Å². The van der Waals surface area contributed by atoms with Crippen molar-refractivity contribution in [2.75, 3.05) is 0 Å². The molecule has 0 saturated carbocycles. The molecule has 1 N–H and O–H groups in total. The van der Waals surface area contributed by atoms with Crippen LogP contribution in [0.25, 0.3) is 0 Å². The summed E-state index contributed by atoms with van der Waals surface area (Å²) in [5, 5.41) is 1.85. The van der Waals surface area contributed by atoms with E-state index in [1.807, 2.05) is 6.07 Å². The molecule has 0 radical (unpaired) electrons. The van der Waals surface area contributed by atoms with E-state index in [-0.39, 0.29) is 37.3 Å². The summed E-state index contributed by atoms with van der Waals surface area (Å²) in [5.74, 6) is -1.10. The number of amides is 1. The third-order valence-corrected chi connectivity index (χ3v) is 5.87. The lowest BCUT2D eigenvalue weighted by molar-refractivity contribution is -0.136. The minimum absolute atomic E-state index is 0.0687. The molecule has 0 aliphatic rings. The Kier molecular flexibility index (Phi) is 8.54. The van der Waals surface area contributed by atoms with Crippen molar-refractivity contribution in [1.29, 1.82) is 0 Å². The molecule has 1 amide bonds. The van der Waals surface area contributed by atoms with Crippen molar-refractivity contribution in [3.05, 3.63) is 61.0 Å². The van der Waals surface area contributed by atoms with Crippen LogP contribution >= 0.6 is 58.0 Å². The van der Waals surface area contributed by atoms with E-state index in [2.05, 4.69) is 5.32 Å². The maximum Gasteiger partial charge on any atom is 0.408 e. The van der Waals surface area contributed by atoms with Gasteiger partial charge in [-0.25, -0.2) is 9.59 Å². The fourth-order valence-corrected chi connectivity index (χ4v) is 3.54. The summed E-state index contributed by atoms with van der Waals surface area (Å²) in [7, 11) is 0. The van der Waals surface area contributed by atoms with Gasteiger partial charge in [-0.05, 0) is 26.3 Å². The summed E-state index contributed by atoms with van der Waals surface area (Å²) >= 11 is 30.3. The minimum Gasteiger partial charge on any atom is -0.444 e. The van der Waals surface area contributed by atoms with Crippen LogP contribution in [-0.2, 0) is 16.0 Å². The molecule has 0 fully saturated rings. The first kappa shape index (κ1) is 24.9. The van der Waals surface area contributed by atoms with E-state index >= 15 is 0 Å². The van der Waals surface area contributed by atoms with Crippen LogP contribution in [0.2, 0.25) is 25.1 Å². The van der Waals surface area contributed by atoms with Gasteiger partial charge in [-0.15, -0.1) is 0 Å². The van der Waals surface area contributed by atoms with Crippen molar-refractivity contribution in [3.8, 4) is 5.75 Å². The Bertz CT molecular complexity index is 915. The summed E-state index contributed by atoms with van der Waals surface area (Å²) in [6.07, 6.45) is -0.659. The summed E-state index contributed by atoms with van der Waals surface area (Å²) in [5.41, 5.74) is 0.0228. The van der Waals surface area contributed by atoms with E-state index in [0.29, 0.717) is 0 Å². The van der Waals surface area contributed by atoms with Crippen LogP contribution in [0.3, 0.4) is 0 Å². The van der Waals surface area contributed by atoms with Gasteiger partial charge in [0.1, 0.15) is 21.7 Å². The summed E-state index contributed by atoms with van der Waals surface area (Å²) in [4.78, 5) is 25.2. The first-order valence-electron chi connectivity index (χ1n) is 8.67. The van der Waals surface area contributed by atoms with Crippen LogP contribution in [0.4, 0.5) is 4.79 Å². The number of halogens is 5. The molecule has 0 aliphatic carbocycles. The van der Waals surface area contributed by atoms with Crippen molar-refractivity contribution in [1.82, 2.24) is 5.32 Å². The number of benzene rings is 2. The highest BCUT2D eigenvalue weighted by molar-refractivity contribution is 6.55. The quantitative estimate of drug-likeness (QED) is 0.202. The fourth-order valence-electron chi connectivity index (χ4n) is 2.34. The monoisotopic (exact) mass is 511 g/mol. The lowest BCUT2D eigenvalue weighted by Gasteiger charge is -2.23. The smallest absolute Gasteiger partial charge is 0.408 e. The van der Waals surface area contributed by atoms with E-state index in [1.165, 1.54) is 0 Å². The van der Waals surface area contributed by atoms with E-state index in [9.17, 15) is 9.59 Å². The van der Waals surface area contributed by atoms with Crippen LogP contribution in [0.1, 0.15) is 26.3 Å². The molecule has 30 heavy (non-hydrogen) atoms. The van der Waals surface area contributed by atoms with Crippen LogP contribution < -0.4 is 10.1 Å². The molecule has 0 aliphatic heterocycles. The van der Waals surface area contributed by atoms with Crippen molar-refractivity contribution in [2.45, 2.75) is 38.8 Å². The number of ether oxygens (including phenoxy) is 2. The average Bonchev–Trinajstić information content (AvgIpc) is 2.67. The molecule has 2 aromatic rings. The fraction of sp³-hybridized carbons (Fsp3) is 0.300. The number of alkyl carbamates (subject to hydrolysis) is 1. The normalized spacial score (nSPS) is 12.3. The van der Waals surface area contributed by atoms with Gasteiger partial charge in [0.05, 0.1) is 15.1 Å². The summed E-state index contributed by atoms with van der Waals surface area (Å²) < 4.78 is 10.6. The lowest BCUT2D eigenvalue weighted by atomic mass is 10.1. The van der Waals surface area contributed by atoms with E-state index in [4.69, 9.17) is 67.5 Å². The van der Waals surface area contributed by atoms with Crippen LogP contribution in [0.15, 0.2) is 30.3 Å². The number of carbonyl (C=O) groups is 2. The van der Waals surface area contributed by atoms with Gasteiger partial charge in [0.25, 0.3) is 0 Å². The van der Waals surface area contributed by atoms with Crippen LogP contribution in [0, 0.1) is 0 Å². The van der Waals surface area contributed by atoms with Gasteiger partial charge in [-0.3, -0.25) is 0 Å². The number of hydrogen-bond donors (Lipinski definition) is 1. The molecule has 0 heterocycles. The lowest BCUT2D eigenvalue weighted by Crippen LogP contribution is -2.46. The molecule has 1 atom stereocenters. The van der Waals surface area contributed by atoms with Crippen molar-refractivity contribution >= 4 is 70.1 Å². The SMILES string of the molecule is CC(C)(C)OC(=O)NC(Cc1ccccc1)C(=O)Oc1c(Cl)c(Cl)c(Cl)c(Cl)c1Cl. The maximum absolute atomic E-state index is 12.9. The zero-order valence-electron chi connectivity index (χ0n) is 16.2. The van der Waals surface area contributed by atoms with Crippen molar-refractivity contribution < 1.29 is 19.1 Å². The van der Waals surface area contributed by atoms with E-state index < -0.39 is 23.7 Å². The summed E-state index contributed by atoms with van der Waals surface area (Å²) in [6, 6.07) is 7.92. The molecule has 0 bridgehead atoms. The topological polar surface area (TPSA) is 64.6 Å². The average molecular weight is 514 g/mol. The van der Waals surface area contributed by atoms with Crippen LogP contribution in [-0.4, -0.2) is 23.7 Å². The zero-order valence-corrected chi connectivity index (χ0v) is 20.0. The predicted octanol–water partition coefficient (Wildman–Crippen LogP) is 7.00. The molecule has 0 saturated heterocycles. The molecule has 5 nitrogen and oxygen atoms in total. The van der Waals surface area contributed by atoms with Gasteiger partial charge in [0, 0.05) is 6.42 Å². The number of nitrogens with one attached hydrogen (secondary N) is 1. The highest BCUT2D eigenvalue weighted by Gasteiger charge is 2.29. The number of carbonyl (C=O) groups excluding carboxylic acids is 2. The molecule has 162 valence electrons. The number of hydrogen-bond acceptors (Lipinski definition) is 4. The number of esters is 1. The van der Waals surface area contributed by atoms with Gasteiger partial charge in [-0.2, -0.15) is 0 Å². The Hall–Kier alpha value is -1.37. The Morgan fingerprint density at radius 2 is 1.40 bits per heavy atom. The van der Waals surface area contributed by atoms with Gasteiger partial charge in [0.2, 0.25) is 0 Å². The molecular weight excluding hydrogens is 495 g/mol. The molecule has 2 aromatic carbocycles. The Morgan fingerprint density at radius 1 is 0.900 bits per heavy atom. The number of rotatable bonds is 5. The van der Waals surface area contributed by atoms with Gasteiger partial charge >= 0.3 is 12.1 Å². The van der Waals surface area contributed by atoms with Gasteiger partial charge < -0.3 is 14.8 Å². The second-order valence-electron chi connectivity index (χ2n) is 7.21. The Labute approximate surface area is 199 Å². The molecule has 2 rings (SSSR count). The highest BCUT2D eigenvalue weighted by atomic mass is 35.5. The van der Waals surface area contributed by atoms with Crippen LogP contribution in [0.5, 0.6) is 5.75 Å². The van der Waals surface area contributed by atoms with Gasteiger partial charge in [0.15, 0.2) is 5.75 Å². The van der Waals surface area contributed by atoms with E-state index in [0.717, 1.165) is 5.56 Å². The first-order valence-corrected chi connectivity index (χ1v) is 10.6. The first-order chi connectivity index (χ1) is 13.9. The molecule has 1 unspecified atom stereocenters. The molecule has 10 heteroatoms. The molecule has 0 aromatic heterocycles. The molecular formula is C20H18Cl5NO4. The minimum atomic E-state index is -1.11. The zero-order chi connectivity index (χ0) is 22.6. The standard InChI is InChI=1S/C20H18Cl5NO4/c1-20(2,3)30-19(28)26-11(9-10-7-5-4-6-8-10)18(27)29-17-15(24)13(22)12(21)14(23)16(17)25/h4-8,11H,9H2,1-3H3,(H,26,28). The second kappa shape index (κ2) is 10.3. The maximum atomic E-state index is 12.9. The van der Waals surface area contributed by atoms with Crippen molar-refractivity contribution in [3.63, 3.8) is 0 Å².